The van der Waals surface area contributed by atoms with Crippen molar-refractivity contribution in [1.82, 2.24) is 9.97 Å². The van der Waals surface area contributed by atoms with Crippen LogP contribution in [0.2, 0.25) is 0 Å². The van der Waals surface area contributed by atoms with E-state index in [0.717, 1.165) is 29.2 Å². The van der Waals surface area contributed by atoms with E-state index in [4.69, 9.17) is 0 Å². The normalized spacial score (nSPS) is 14.1. The Morgan fingerprint density at radius 1 is 1.10 bits per heavy atom. The summed E-state index contributed by atoms with van der Waals surface area (Å²) in [6, 6.07) is 7.35. The third kappa shape index (κ3) is 5.11. The number of ether oxygens (including phenoxy) is 1. The standard InChI is InChI=1S/C22H19F3N4O2/c1-26-20-18-12-27-19(29-21(30)14-6-7-14)10-17(18)15(11-28-20)5-2-13-3-8-16(9-4-13)31-22(23,24)25/h2-5,8-12,14H,6-7H2,1H3,(H,26,28)(H,27,29,30)/b5-2+. The number of hydrogen-bond donors (Lipinski definition) is 2. The maximum atomic E-state index is 12.3. The summed E-state index contributed by atoms with van der Waals surface area (Å²) in [5.74, 6) is 0.853. The minimum Gasteiger partial charge on any atom is -0.406 e. The van der Waals surface area contributed by atoms with E-state index in [0.29, 0.717) is 17.2 Å². The minimum atomic E-state index is -4.72. The van der Waals surface area contributed by atoms with Gasteiger partial charge >= 0.3 is 6.36 Å². The molecule has 0 radical (unpaired) electrons. The predicted molar refractivity (Wildman–Crippen MR) is 112 cm³/mol. The highest BCUT2D eigenvalue weighted by Crippen LogP contribution is 2.31. The van der Waals surface area contributed by atoms with Gasteiger partial charge in [-0.2, -0.15) is 0 Å². The molecule has 9 heteroatoms. The molecule has 31 heavy (non-hydrogen) atoms. The first-order valence-corrected chi connectivity index (χ1v) is 9.63. The second kappa shape index (κ2) is 8.25. The number of benzene rings is 1. The molecule has 0 bridgehead atoms. The van der Waals surface area contributed by atoms with Gasteiger partial charge in [-0.25, -0.2) is 9.97 Å². The van der Waals surface area contributed by atoms with Crippen molar-refractivity contribution in [1.29, 1.82) is 0 Å². The number of aromatic nitrogens is 2. The highest BCUT2D eigenvalue weighted by molar-refractivity contribution is 6.01. The molecule has 0 aliphatic heterocycles. The summed E-state index contributed by atoms with van der Waals surface area (Å²) < 4.78 is 40.8. The van der Waals surface area contributed by atoms with Gasteiger partial charge in [0.1, 0.15) is 17.4 Å². The van der Waals surface area contributed by atoms with Crippen LogP contribution in [0.25, 0.3) is 22.9 Å². The highest BCUT2D eigenvalue weighted by Gasteiger charge is 2.31. The third-order valence-electron chi connectivity index (χ3n) is 4.81. The summed E-state index contributed by atoms with van der Waals surface area (Å²) in [7, 11) is 1.75. The Balaban J connectivity index is 1.61. The van der Waals surface area contributed by atoms with Crippen LogP contribution in [0.4, 0.5) is 24.8 Å². The molecule has 160 valence electrons. The number of carbonyl (C=O) groups is 1. The van der Waals surface area contributed by atoms with Gasteiger partial charge in [-0.1, -0.05) is 24.3 Å². The summed E-state index contributed by atoms with van der Waals surface area (Å²) in [5.41, 5.74) is 1.46. The van der Waals surface area contributed by atoms with Gasteiger partial charge in [0.2, 0.25) is 5.91 Å². The molecule has 0 unspecified atom stereocenters. The molecule has 4 rings (SSSR count). The van der Waals surface area contributed by atoms with E-state index in [-0.39, 0.29) is 17.6 Å². The fraction of sp³-hybridized carbons (Fsp3) is 0.227. The lowest BCUT2D eigenvalue weighted by atomic mass is 10.1. The van der Waals surface area contributed by atoms with Crippen molar-refractivity contribution in [2.75, 3.05) is 17.7 Å². The lowest BCUT2D eigenvalue weighted by molar-refractivity contribution is -0.274. The minimum absolute atomic E-state index is 0.0343. The Kier molecular flexibility index (Phi) is 5.50. The molecule has 3 aromatic rings. The van der Waals surface area contributed by atoms with Gasteiger partial charge in [-0.05, 0) is 42.0 Å². The Morgan fingerprint density at radius 3 is 2.48 bits per heavy atom. The molecule has 0 saturated heterocycles. The van der Waals surface area contributed by atoms with E-state index in [1.165, 1.54) is 24.3 Å². The van der Waals surface area contributed by atoms with E-state index in [1.54, 1.807) is 37.7 Å². The number of anilines is 2. The number of hydrogen-bond acceptors (Lipinski definition) is 5. The zero-order chi connectivity index (χ0) is 22.0. The van der Waals surface area contributed by atoms with Gasteiger partial charge in [-0.3, -0.25) is 4.79 Å². The van der Waals surface area contributed by atoms with Crippen LogP contribution in [-0.2, 0) is 4.79 Å². The van der Waals surface area contributed by atoms with Crippen LogP contribution in [0.5, 0.6) is 5.75 Å². The summed E-state index contributed by atoms with van der Waals surface area (Å²) in [6.07, 6.45) is 3.96. The zero-order valence-corrected chi connectivity index (χ0v) is 16.5. The van der Waals surface area contributed by atoms with Crippen molar-refractivity contribution in [3.8, 4) is 5.75 Å². The van der Waals surface area contributed by atoms with Gasteiger partial charge in [-0.15, -0.1) is 13.2 Å². The largest absolute Gasteiger partial charge is 0.573 e. The number of rotatable bonds is 6. The monoisotopic (exact) mass is 428 g/mol. The van der Waals surface area contributed by atoms with Crippen molar-refractivity contribution >= 4 is 40.5 Å². The molecular weight excluding hydrogens is 409 g/mol. The SMILES string of the molecule is CNc1ncc(/C=C/c2ccc(OC(F)(F)F)cc2)c2cc(NC(=O)C3CC3)ncc12. The lowest BCUT2D eigenvalue weighted by Crippen LogP contribution is -2.16. The molecule has 2 N–H and O–H groups in total. The van der Waals surface area contributed by atoms with Gasteiger partial charge < -0.3 is 15.4 Å². The van der Waals surface area contributed by atoms with E-state index in [9.17, 15) is 18.0 Å². The van der Waals surface area contributed by atoms with Crippen LogP contribution in [-0.4, -0.2) is 29.3 Å². The van der Waals surface area contributed by atoms with Crippen molar-refractivity contribution in [2.24, 2.45) is 5.92 Å². The predicted octanol–water partition coefficient (Wildman–Crippen LogP) is 5.09. The van der Waals surface area contributed by atoms with Gasteiger partial charge in [0.15, 0.2) is 0 Å². The molecule has 2 aromatic heterocycles. The van der Waals surface area contributed by atoms with Gasteiger partial charge in [0, 0.05) is 36.3 Å². The van der Waals surface area contributed by atoms with Crippen molar-refractivity contribution in [3.05, 3.63) is 53.9 Å². The van der Waals surface area contributed by atoms with Crippen molar-refractivity contribution in [3.63, 3.8) is 0 Å². The number of halogens is 3. The molecule has 1 saturated carbocycles. The van der Waals surface area contributed by atoms with Crippen molar-refractivity contribution < 1.29 is 22.7 Å². The Hall–Kier alpha value is -3.62. The molecule has 1 fully saturated rings. The Bertz CT molecular complexity index is 1140. The quantitative estimate of drug-likeness (QED) is 0.572. The fourth-order valence-electron chi connectivity index (χ4n) is 3.10. The van der Waals surface area contributed by atoms with Crippen LogP contribution in [0, 0.1) is 5.92 Å². The number of fused-ring (bicyclic) bond motifs is 1. The number of alkyl halides is 3. The second-order valence-corrected chi connectivity index (χ2v) is 7.14. The molecule has 1 aliphatic carbocycles. The first-order chi connectivity index (χ1) is 14.8. The highest BCUT2D eigenvalue weighted by atomic mass is 19.4. The molecule has 1 aliphatic rings. The van der Waals surface area contributed by atoms with Crippen molar-refractivity contribution in [2.45, 2.75) is 19.2 Å². The van der Waals surface area contributed by atoms with E-state index < -0.39 is 6.36 Å². The van der Waals surface area contributed by atoms with Crippen LogP contribution < -0.4 is 15.4 Å². The van der Waals surface area contributed by atoms with E-state index in [2.05, 4.69) is 25.3 Å². The van der Waals surface area contributed by atoms with E-state index in [1.807, 2.05) is 0 Å². The molecule has 2 heterocycles. The number of amides is 1. The Labute approximate surface area is 176 Å². The number of carbonyl (C=O) groups excluding carboxylic acids is 1. The van der Waals surface area contributed by atoms with E-state index >= 15 is 0 Å². The lowest BCUT2D eigenvalue weighted by Gasteiger charge is -2.10. The number of nitrogens with zero attached hydrogens (tertiary/aromatic N) is 2. The average molecular weight is 428 g/mol. The Morgan fingerprint density at radius 2 is 1.84 bits per heavy atom. The maximum Gasteiger partial charge on any atom is 0.573 e. The molecular formula is C22H19F3N4O2. The average Bonchev–Trinajstić information content (AvgIpc) is 3.57. The maximum absolute atomic E-state index is 12.3. The summed E-state index contributed by atoms with van der Waals surface area (Å²) in [4.78, 5) is 20.8. The van der Waals surface area contributed by atoms with Gasteiger partial charge in [0.25, 0.3) is 0 Å². The van der Waals surface area contributed by atoms with Crippen LogP contribution in [0.3, 0.4) is 0 Å². The first kappa shape index (κ1) is 20.6. The summed E-state index contributed by atoms with van der Waals surface area (Å²) in [6.45, 7) is 0. The smallest absolute Gasteiger partial charge is 0.406 e. The molecule has 1 aromatic carbocycles. The van der Waals surface area contributed by atoms with Gasteiger partial charge in [0.05, 0.1) is 0 Å². The number of nitrogens with one attached hydrogen (secondary N) is 2. The zero-order valence-electron chi connectivity index (χ0n) is 16.5. The topological polar surface area (TPSA) is 76.1 Å². The third-order valence-corrected chi connectivity index (χ3v) is 4.81. The molecule has 0 atom stereocenters. The molecule has 1 amide bonds. The van der Waals surface area contributed by atoms with Crippen LogP contribution in [0.1, 0.15) is 24.0 Å². The second-order valence-electron chi connectivity index (χ2n) is 7.14. The first-order valence-electron chi connectivity index (χ1n) is 9.63. The summed E-state index contributed by atoms with van der Waals surface area (Å²) in [5, 5.41) is 7.46. The fourth-order valence-corrected chi connectivity index (χ4v) is 3.10. The van der Waals surface area contributed by atoms with Crippen LogP contribution >= 0.6 is 0 Å². The molecule has 6 nitrogen and oxygen atoms in total. The molecule has 0 spiro atoms. The van der Waals surface area contributed by atoms with Crippen LogP contribution in [0.15, 0.2) is 42.7 Å². The number of pyridine rings is 2. The summed E-state index contributed by atoms with van der Waals surface area (Å²) >= 11 is 0.